The summed E-state index contributed by atoms with van der Waals surface area (Å²) in [4.78, 5) is 16.1. The topological polar surface area (TPSA) is 79.1 Å². The standard InChI is InChI=1S/C18H18N2O2S/c19-18(22)15-8-12(21)7-14(15)11-6-16(23-9-11)13-3-1-2-10-4-5-20-17(10)13/h1-6,9,12,14-15,20-21H,7-8H2,(H2,19,22)/t12-,14+,15+/m1/s1. The van der Waals surface area contributed by atoms with Gasteiger partial charge in [0.25, 0.3) is 0 Å². The number of carbonyl (C=O) groups excluding carboxylic acids is 1. The molecular weight excluding hydrogens is 308 g/mol. The molecule has 1 saturated carbocycles. The van der Waals surface area contributed by atoms with E-state index in [0.29, 0.717) is 12.8 Å². The number of H-pyrrole nitrogens is 1. The average molecular weight is 326 g/mol. The van der Waals surface area contributed by atoms with E-state index in [-0.39, 0.29) is 17.7 Å². The number of aliphatic hydroxyl groups is 1. The van der Waals surface area contributed by atoms with Crippen LogP contribution in [0.4, 0.5) is 0 Å². The lowest BCUT2D eigenvalue weighted by atomic mass is 9.90. The molecule has 5 heteroatoms. The number of hydrogen-bond acceptors (Lipinski definition) is 3. The number of fused-ring (bicyclic) bond motifs is 1. The molecule has 0 radical (unpaired) electrons. The van der Waals surface area contributed by atoms with Gasteiger partial charge in [-0.2, -0.15) is 0 Å². The molecule has 0 bridgehead atoms. The van der Waals surface area contributed by atoms with E-state index in [0.717, 1.165) is 21.5 Å². The highest BCUT2D eigenvalue weighted by atomic mass is 32.1. The van der Waals surface area contributed by atoms with E-state index in [9.17, 15) is 9.90 Å². The number of primary amides is 1. The average Bonchev–Trinajstić information content (AvgIpc) is 3.24. The predicted octanol–water partition coefficient (Wildman–Crippen LogP) is 3.24. The highest BCUT2D eigenvalue weighted by Gasteiger charge is 2.38. The molecule has 1 amide bonds. The van der Waals surface area contributed by atoms with Crippen LogP contribution in [0.25, 0.3) is 21.3 Å². The van der Waals surface area contributed by atoms with Gasteiger partial charge in [-0.3, -0.25) is 4.79 Å². The third kappa shape index (κ3) is 2.46. The first-order valence-corrected chi connectivity index (χ1v) is 8.63. The molecule has 4 rings (SSSR count). The van der Waals surface area contributed by atoms with Gasteiger partial charge in [0.1, 0.15) is 0 Å². The van der Waals surface area contributed by atoms with E-state index in [2.05, 4.69) is 40.7 Å². The highest BCUT2D eigenvalue weighted by Crippen LogP contribution is 2.43. The Balaban J connectivity index is 1.72. The number of rotatable bonds is 3. The number of aromatic amines is 1. The Morgan fingerprint density at radius 1 is 1.30 bits per heavy atom. The molecule has 2 aromatic heterocycles. The molecule has 4 N–H and O–H groups in total. The Kier molecular flexibility index (Phi) is 3.47. The summed E-state index contributed by atoms with van der Waals surface area (Å²) >= 11 is 1.67. The first-order valence-electron chi connectivity index (χ1n) is 7.76. The smallest absolute Gasteiger partial charge is 0.221 e. The molecule has 118 valence electrons. The Morgan fingerprint density at radius 2 is 2.17 bits per heavy atom. The van der Waals surface area contributed by atoms with E-state index in [4.69, 9.17) is 5.73 Å². The van der Waals surface area contributed by atoms with E-state index < -0.39 is 6.10 Å². The van der Waals surface area contributed by atoms with Gasteiger partial charge in [0.05, 0.1) is 11.6 Å². The van der Waals surface area contributed by atoms with Crippen LogP contribution in [0.1, 0.15) is 24.3 Å². The van der Waals surface area contributed by atoms with Gasteiger partial charge in [0.15, 0.2) is 0 Å². The van der Waals surface area contributed by atoms with Crippen molar-refractivity contribution in [3.05, 3.63) is 47.5 Å². The van der Waals surface area contributed by atoms with Crippen molar-refractivity contribution in [1.82, 2.24) is 4.98 Å². The number of para-hydroxylation sites is 1. The van der Waals surface area contributed by atoms with E-state index >= 15 is 0 Å². The molecule has 0 aliphatic heterocycles. The van der Waals surface area contributed by atoms with Crippen molar-refractivity contribution in [1.29, 1.82) is 0 Å². The van der Waals surface area contributed by atoms with Crippen molar-refractivity contribution in [2.75, 3.05) is 0 Å². The largest absolute Gasteiger partial charge is 0.393 e. The Labute approximate surface area is 137 Å². The molecule has 1 fully saturated rings. The summed E-state index contributed by atoms with van der Waals surface area (Å²) in [7, 11) is 0. The van der Waals surface area contributed by atoms with Gasteiger partial charge >= 0.3 is 0 Å². The number of hydrogen-bond donors (Lipinski definition) is 3. The molecule has 1 aliphatic carbocycles. The van der Waals surface area contributed by atoms with Crippen LogP contribution in [0.5, 0.6) is 0 Å². The van der Waals surface area contributed by atoms with Crippen LogP contribution in [0.3, 0.4) is 0 Å². The maximum absolute atomic E-state index is 11.7. The van der Waals surface area contributed by atoms with Crippen LogP contribution in [0.2, 0.25) is 0 Å². The fourth-order valence-electron chi connectivity index (χ4n) is 3.67. The number of aliphatic hydroxyl groups excluding tert-OH is 1. The minimum absolute atomic E-state index is 0.0235. The van der Waals surface area contributed by atoms with Gasteiger partial charge in [0.2, 0.25) is 5.91 Å². The number of amides is 1. The minimum atomic E-state index is -0.437. The SMILES string of the molecule is NC(=O)[C@H]1C[C@H](O)C[C@H]1c1csc(-c2cccc3cc[nH]c23)c1. The highest BCUT2D eigenvalue weighted by molar-refractivity contribution is 7.13. The summed E-state index contributed by atoms with van der Waals surface area (Å²) in [6, 6.07) is 10.4. The second kappa shape index (κ2) is 5.51. The molecule has 3 aromatic rings. The van der Waals surface area contributed by atoms with Crippen molar-refractivity contribution < 1.29 is 9.90 Å². The fraction of sp³-hybridized carbons (Fsp3) is 0.278. The molecule has 1 aromatic carbocycles. The van der Waals surface area contributed by atoms with Crippen LogP contribution in [-0.4, -0.2) is 22.1 Å². The second-order valence-corrected chi connectivity index (χ2v) is 7.14. The third-order valence-corrected chi connectivity index (χ3v) is 5.79. The normalized spacial score (nSPS) is 24.3. The maximum atomic E-state index is 11.7. The molecule has 4 nitrogen and oxygen atoms in total. The Bertz CT molecular complexity index is 867. The van der Waals surface area contributed by atoms with Crippen molar-refractivity contribution in [2.45, 2.75) is 24.9 Å². The number of carbonyl (C=O) groups is 1. The second-order valence-electron chi connectivity index (χ2n) is 6.23. The van der Waals surface area contributed by atoms with Gasteiger partial charge in [-0.25, -0.2) is 0 Å². The fourth-order valence-corrected chi connectivity index (χ4v) is 4.68. The first-order chi connectivity index (χ1) is 11.1. The first kappa shape index (κ1) is 14.5. The molecule has 0 saturated heterocycles. The van der Waals surface area contributed by atoms with Crippen LogP contribution >= 0.6 is 11.3 Å². The monoisotopic (exact) mass is 326 g/mol. The van der Waals surface area contributed by atoms with Crippen molar-refractivity contribution >= 4 is 28.1 Å². The van der Waals surface area contributed by atoms with E-state index in [1.165, 1.54) is 5.39 Å². The van der Waals surface area contributed by atoms with Crippen molar-refractivity contribution in [3.63, 3.8) is 0 Å². The lowest BCUT2D eigenvalue weighted by Gasteiger charge is -2.14. The lowest BCUT2D eigenvalue weighted by molar-refractivity contribution is -0.122. The third-order valence-electron chi connectivity index (χ3n) is 4.80. The minimum Gasteiger partial charge on any atom is -0.393 e. The Morgan fingerprint density at radius 3 is 3.00 bits per heavy atom. The number of aromatic nitrogens is 1. The summed E-state index contributed by atoms with van der Waals surface area (Å²) in [6.45, 7) is 0. The quantitative estimate of drug-likeness (QED) is 0.691. The summed E-state index contributed by atoms with van der Waals surface area (Å²) in [5.41, 5.74) is 8.91. The summed E-state index contributed by atoms with van der Waals surface area (Å²) in [5, 5.41) is 13.2. The molecule has 23 heavy (non-hydrogen) atoms. The van der Waals surface area contributed by atoms with E-state index in [1.807, 2.05) is 6.20 Å². The molecule has 3 atom stereocenters. The van der Waals surface area contributed by atoms with Crippen LogP contribution in [-0.2, 0) is 4.79 Å². The van der Waals surface area contributed by atoms with Crippen LogP contribution < -0.4 is 5.73 Å². The number of nitrogens with one attached hydrogen (secondary N) is 1. The van der Waals surface area contributed by atoms with Gasteiger partial charge < -0.3 is 15.8 Å². The van der Waals surface area contributed by atoms with Gasteiger partial charge in [-0.05, 0) is 41.8 Å². The molecule has 0 spiro atoms. The molecule has 0 unspecified atom stereocenters. The summed E-state index contributed by atoms with van der Waals surface area (Å²) in [5.74, 6) is -0.560. The zero-order valence-electron chi connectivity index (χ0n) is 12.5. The maximum Gasteiger partial charge on any atom is 0.221 e. The van der Waals surface area contributed by atoms with E-state index in [1.54, 1.807) is 11.3 Å². The van der Waals surface area contributed by atoms with Gasteiger partial charge in [0, 0.05) is 27.9 Å². The van der Waals surface area contributed by atoms with Crippen molar-refractivity contribution in [2.24, 2.45) is 11.7 Å². The Hall–Kier alpha value is -2.11. The van der Waals surface area contributed by atoms with Gasteiger partial charge in [-0.15, -0.1) is 11.3 Å². The number of thiophene rings is 1. The zero-order chi connectivity index (χ0) is 16.0. The number of nitrogens with two attached hydrogens (primary N) is 1. The number of benzene rings is 1. The molecule has 1 aliphatic rings. The molecular formula is C18H18N2O2S. The predicted molar refractivity (Wildman–Crippen MR) is 92.3 cm³/mol. The summed E-state index contributed by atoms with van der Waals surface area (Å²) in [6.07, 6.45) is 2.58. The van der Waals surface area contributed by atoms with Crippen LogP contribution in [0, 0.1) is 5.92 Å². The lowest BCUT2D eigenvalue weighted by Crippen LogP contribution is -2.25. The molecule has 2 heterocycles. The zero-order valence-corrected chi connectivity index (χ0v) is 13.3. The van der Waals surface area contributed by atoms with Gasteiger partial charge in [-0.1, -0.05) is 18.2 Å². The summed E-state index contributed by atoms with van der Waals surface area (Å²) < 4.78 is 0. The van der Waals surface area contributed by atoms with Crippen molar-refractivity contribution in [3.8, 4) is 10.4 Å². The van der Waals surface area contributed by atoms with Crippen LogP contribution in [0.15, 0.2) is 41.9 Å².